The standard InChI is InChI=1S/C19H19FN2O2S/c1-22-17(11-14-10-15(20)7-8-18(14)25-22)19(24)21-16(12-23)9-13-5-3-2-4-6-13/h2-8,10,12,16-17H,9,11H2,1H3,(H,21,24)/t16-,17?/m0/s1. The molecule has 6 heteroatoms. The van der Waals surface area contributed by atoms with Crippen LogP contribution in [0.15, 0.2) is 53.4 Å². The third-order valence-corrected chi connectivity index (χ3v) is 5.35. The van der Waals surface area contributed by atoms with Crippen LogP contribution in [0.2, 0.25) is 0 Å². The second kappa shape index (κ2) is 7.80. The number of hydrogen-bond donors (Lipinski definition) is 1. The fraction of sp³-hybridized carbons (Fsp3) is 0.263. The zero-order chi connectivity index (χ0) is 17.8. The molecule has 0 aliphatic carbocycles. The number of aldehydes is 1. The quantitative estimate of drug-likeness (QED) is 0.659. The first-order valence-corrected chi connectivity index (χ1v) is 8.83. The van der Waals surface area contributed by atoms with E-state index in [1.165, 1.54) is 24.1 Å². The second-order valence-electron chi connectivity index (χ2n) is 6.05. The molecular weight excluding hydrogens is 339 g/mol. The van der Waals surface area contributed by atoms with E-state index in [4.69, 9.17) is 0 Å². The van der Waals surface area contributed by atoms with Gasteiger partial charge in [0.15, 0.2) is 0 Å². The summed E-state index contributed by atoms with van der Waals surface area (Å²) in [5.41, 5.74) is 1.80. The number of nitrogens with zero attached hydrogens (tertiary/aromatic N) is 1. The predicted molar refractivity (Wildman–Crippen MR) is 95.7 cm³/mol. The minimum Gasteiger partial charge on any atom is -0.345 e. The van der Waals surface area contributed by atoms with E-state index in [1.807, 2.05) is 41.7 Å². The Morgan fingerprint density at radius 2 is 2.12 bits per heavy atom. The summed E-state index contributed by atoms with van der Waals surface area (Å²) in [6.45, 7) is 0. The Morgan fingerprint density at radius 1 is 1.36 bits per heavy atom. The Labute approximate surface area is 150 Å². The van der Waals surface area contributed by atoms with Crippen LogP contribution in [0.25, 0.3) is 0 Å². The van der Waals surface area contributed by atoms with Crippen molar-refractivity contribution in [3.63, 3.8) is 0 Å². The highest BCUT2D eigenvalue weighted by Gasteiger charge is 2.31. The SMILES string of the molecule is CN1Sc2ccc(F)cc2CC1C(=O)N[C@H](C=O)Cc1ccccc1. The fourth-order valence-electron chi connectivity index (χ4n) is 2.89. The van der Waals surface area contributed by atoms with Gasteiger partial charge in [-0.05, 0) is 61.2 Å². The van der Waals surface area contributed by atoms with Crippen molar-refractivity contribution < 1.29 is 14.0 Å². The summed E-state index contributed by atoms with van der Waals surface area (Å²) in [5.74, 6) is -0.532. The number of fused-ring (bicyclic) bond motifs is 1. The summed E-state index contributed by atoms with van der Waals surface area (Å²) in [6, 6.07) is 13.1. The molecule has 25 heavy (non-hydrogen) atoms. The molecule has 0 radical (unpaired) electrons. The van der Waals surface area contributed by atoms with Gasteiger partial charge in [-0.25, -0.2) is 8.70 Å². The van der Waals surface area contributed by atoms with Crippen molar-refractivity contribution in [2.45, 2.75) is 29.8 Å². The van der Waals surface area contributed by atoms with Crippen LogP contribution in [0.4, 0.5) is 4.39 Å². The Balaban J connectivity index is 1.68. The van der Waals surface area contributed by atoms with E-state index in [9.17, 15) is 14.0 Å². The van der Waals surface area contributed by atoms with Crippen molar-refractivity contribution in [3.05, 3.63) is 65.5 Å². The molecule has 1 N–H and O–H groups in total. The lowest BCUT2D eigenvalue weighted by atomic mass is 10.0. The molecule has 0 bridgehead atoms. The first-order chi connectivity index (χ1) is 12.1. The van der Waals surface area contributed by atoms with Crippen LogP contribution >= 0.6 is 11.9 Å². The number of hydrogen-bond acceptors (Lipinski definition) is 4. The Kier molecular flexibility index (Phi) is 5.50. The molecule has 0 fully saturated rings. The average molecular weight is 358 g/mol. The molecule has 1 heterocycles. The molecule has 2 atom stereocenters. The zero-order valence-electron chi connectivity index (χ0n) is 13.8. The molecule has 2 aromatic rings. The number of halogens is 1. The molecule has 1 unspecified atom stereocenters. The van der Waals surface area contributed by atoms with Crippen molar-refractivity contribution in [2.24, 2.45) is 0 Å². The van der Waals surface area contributed by atoms with E-state index in [1.54, 1.807) is 6.07 Å². The van der Waals surface area contributed by atoms with Crippen molar-refractivity contribution in [2.75, 3.05) is 7.05 Å². The van der Waals surface area contributed by atoms with Gasteiger partial charge >= 0.3 is 0 Å². The molecule has 1 aliphatic heterocycles. The molecule has 0 aromatic heterocycles. The lowest BCUT2D eigenvalue weighted by Gasteiger charge is -2.32. The van der Waals surface area contributed by atoms with Gasteiger partial charge in [0.1, 0.15) is 18.1 Å². The monoisotopic (exact) mass is 358 g/mol. The summed E-state index contributed by atoms with van der Waals surface area (Å²) >= 11 is 1.41. The van der Waals surface area contributed by atoms with Gasteiger partial charge in [-0.1, -0.05) is 30.3 Å². The highest BCUT2D eigenvalue weighted by molar-refractivity contribution is 7.97. The predicted octanol–water partition coefficient (Wildman–Crippen LogP) is 2.62. The van der Waals surface area contributed by atoms with E-state index in [2.05, 4.69) is 5.32 Å². The molecule has 1 amide bonds. The van der Waals surface area contributed by atoms with Gasteiger partial charge in [-0.3, -0.25) is 4.79 Å². The maximum absolute atomic E-state index is 13.5. The molecule has 3 rings (SSSR count). The Bertz CT molecular complexity index is 769. The molecule has 0 spiro atoms. The van der Waals surface area contributed by atoms with Crippen molar-refractivity contribution in [1.82, 2.24) is 9.62 Å². The van der Waals surface area contributed by atoms with Crippen LogP contribution in [-0.4, -0.2) is 35.6 Å². The normalized spacial score (nSPS) is 18.2. The van der Waals surface area contributed by atoms with Gasteiger partial charge in [0.2, 0.25) is 5.91 Å². The first kappa shape index (κ1) is 17.6. The highest BCUT2D eigenvalue weighted by Crippen LogP contribution is 2.34. The lowest BCUT2D eigenvalue weighted by molar-refractivity contribution is -0.127. The largest absolute Gasteiger partial charge is 0.345 e. The number of likely N-dealkylation sites (N-methyl/N-ethyl adjacent to an activating group) is 1. The maximum Gasteiger partial charge on any atom is 0.239 e. The van der Waals surface area contributed by atoms with Crippen LogP contribution in [-0.2, 0) is 22.4 Å². The summed E-state index contributed by atoms with van der Waals surface area (Å²) in [5, 5.41) is 2.80. The van der Waals surface area contributed by atoms with Crippen LogP contribution in [0, 0.1) is 5.82 Å². The summed E-state index contributed by atoms with van der Waals surface area (Å²) in [4.78, 5) is 25.0. The number of rotatable bonds is 5. The summed E-state index contributed by atoms with van der Waals surface area (Å²) in [6.07, 6.45) is 1.62. The van der Waals surface area contributed by atoms with Gasteiger partial charge in [-0.15, -0.1) is 0 Å². The van der Waals surface area contributed by atoms with E-state index in [0.29, 0.717) is 12.8 Å². The van der Waals surface area contributed by atoms with Gasteiger partial charge in [0.05, 0.1) is 6.04 Å². The maximum atomic E-state index is 13.5. The molecule has 2 aromatic carbocycles. The smallest absolute Gasteiger partial charge is 0.239 e. The van der Waals surface area contributed by atoms with Crippen LogP contribution in [0.5, 0.6) is 0 Å². The summed E-state index contributed by atoms with van der Waals surface area (Å²) < 4.78 is 15.3. The first-order valence-electron chi connectivity index (χ1n) is 8.05. The number of amides is 1. The molecule has 0 saturated carbocycles. The van der Waals surface area contributed by atoms with Crippen molar-refractivity contribution in [3.8, 4) is 0 Å². The van der Waals surface area contributed by atoms with E-state index < -0.39 is 12.1 Å². The Morgan fingerprint density at radius 3 is 2.84 bits per heavy atom. The molecule has 1 aliphatic rings. The topological polar surface area (TPSA) is 49.4 Å². The van der Waals surface area contributed by atoms with Crippen LogP contribution in [0.1, 0.15) is 11.1 Å². The van der Waals surface area contributed by atoms with Crippen molar-refractivity contribution >= 4 is 24.1 Å². The van der Waals surface area contributed by atoms with E-state index in [0.717, 1.165) is 22.3 Å². The summed E-state index contributed by atoms with van der Waals surface area (Å²) in [7, 11) is 1.83. The van der Waals surface area contributed by atoms with E-state index >= 15 is 0 Å². The zero-order valence-corrected chi connectivity index (χ0v) is 14.6. The third-order valence-electron chi connectivity index (χ3n) is 4.21. The van der Waals surface area contributed by atoms with Gasteiger partial charge in [0.25, 0.3) is 0 Å². The highest BCUT2D eigenvalue weighted by atomic mass is 32.2. The van der Waals surface area contributed by atoms with E-state index in [-0.39, 0.29) is 11.7 Å². The third kappa shape index (κ3) is 4.27. The molecule has 130 valence electrons. The second-order valence-corrected chi connectivity index (χ2v) is 7.25. The van der Waals surface area contributed by atoms with Crippen LogP contribution < -0.4 is 5.32 Å². The lowest BCUT2D eigenvalue weighted by Crippen LogP contribution is -2.49. The molecular formula is C19H19FN2O2S. The van der Waals surface area contributed by atoms with Gasteiger partial charge in [-0.2, -0.15) is 0 Å². The number of carbonyl (C=O) groups excluding carboxylic acids is 2. The van der Waals surface area contributed by atoms with Crippen LogP contribution in [0.3, 0.4) is 0 Å². The Hall–Kier alpha value is -2.18. The molecule has 0 saturated heterocycles. The van der Waals surface area contributed by atoms with Crippen molar-refractivity contribution in [1.29, 1.82) is 0 Å². The number of benzene rings is 2. The minimum atomic E-state index is -0.581. The number of nitrogens with one attached hydrogen (secondary N) is 1. The fourth-order valence-corrected chi connectivity index (χ4v) is 3.89. The van der Waals surface area contributed by atoms with Gasteiger partial charge < -0.3 is 10.1 Å². The number of carbonyl (C=O) groups is 2. The minimum absolute atomic E-state index is 0.224. The van der Waals surface area contributed by atoms with Gasteiger partial charge in [0, 0.05) is 4.90 Å². The average Bonchev–Trinajstić information content (AvgIpc) is 2.61. The molecule has 4 nitrogen and oxygen atoms in total.